The van der Waals surface area contributed by atoms with E-state index in [0.29, 0.717) is 0 Å². The first kappa shape index (κ1) is 14.8. The zero-order chi connectivity index (χ0) is 13.2. The van der Waals surface area contributed by atoms with Crippen molar-refractivity contribution in [2.24, 2.45) is 0 Å². The van der Waals surface area contributed by atoms with Gasteiger partial charge in [-0.25, -0.2) is 0 Å². The molecule has 0 spiro atoms. The van der Waals surface area contributed by atoms with Gasteiger partial charge in [-0.05, 0) is 20.8 Å². The van der Waals surface area contributed by atoms with Crippen molar-refractivity contribution in [3.8, 4) is 0 Å². The van der Waals surface area contributed by atoms with E-state index in [1.807, 2.05) is 20.8 Å². The van der Waals surface area contributed by atoms with E-state index in [2.05, 4.69) is 0 Å². The number of rotatable bonds is 3. The predicted octanol–water partition coefficient (Wildman–Crippen LogP) is -0.745. The lowest BCUT2D eigenvalue weighted by Crippen LogP contribution is -2.61. The Labute approximate surface area is 101 Å². The normalized spacial score (nSPS) is 39.4. The highest BCUT2D eigenvalue weighted by Crippen LogP contribution is 2.27. The van der Waals surface area contributed by atoms with Gasteiger partial charge in [-0.1, -0.05) is 0 Å². The lowest BCUT2D eigenvalue weighted by molar-refractivity contribution is -0.317. The quantitative estimate of drug-likeness (QED) is 0.611. The predicted molar refractivity (Wildman–Crippen MR) is 59.4 cm³/mol. The highest BCUT2D eigenvalue weighted by molar-refractivity contribution is 4.91. The number of ether oxygens (including phenoxy) is 3. The minimum Gasteiger partial charge on any atom is -0.394 e. The third kappa shape index (κ3) is 3.61. The van der Waals surface area contributed by atoms with Gasteiger partial charge in [0.2, 0.25) is 0 Å². The third-order valence-corrected chi connectivity index (χ3v) is 2.55. The summed E-state index contributed by atoms with van der Waals surface area (Å²) in [5, 5.41) is 28.7. The van der Waals surface area contributed by atoms with Gasteiger partial charge in [0.15, 0.2) is 6.29 Å². The van der Waals surface area contributed by atoms with Crippen molar-refractivity contribution in [1.82, 2.24) is 0 Å². The highest BCUT2D eigenvalue weighted by Gasteiger charge is 2.46. The SMILES string of the molecule is CO[C@H]1OC(CO)[C@@H](O)[C@H](O)C1OC(C)(C)C. The molecule has 1 fully saturated rings. The van der Waals surface area contributed by atoms with Gasteiger partial charge in [-0.15, -0.1) is 0 Å². The van der Waals surface area contributed by atoms with Crippen LogP contribution in [-0.2, 0) is 14.2 Å². The summed E-state index contributed by atoms with van der Waals surface area (Å²) in [6.07, 6.45) is -4.83. The zero-order valence-electron chi connectivity index (χ0n) is 10.7. The fourth-order valence-corrected chi connectivity index (χ4v) is 1.78. The molecular formula is C11H22O6. The van der Waals surface area contributed by atoms with Crippen molar-refractivity contribution >= 4 is 0 Å². The van der Waals surface area contributed by atoms with Gasteiger partial charge in [0.05, 0.1) is 12.2 Å². The second-order valence-corrected chi connectivity index (χ2v) is 5.14. The van der Waals surface area contributed by atoms with E-state index in [-0.39, 0.29) is 6.61 Å². The van der Waals surface area contributed by atoms with Crippen LogP contribution < -0.4 is 0 Å². The molecule has 6 nitrogen and oxygen atoms in total. The number of aliphatic hydroxyl groups excluding tert-OH is 3. The molecule has 0 saturated carbocycles. The zero-order valence-corrected chi connectivity index (χ0v) is 10.7. The Bertz CT molecular complexity index is 237. The van der Waals surface area contributed by atoms with Crippen molar-refractivity contribution < 1.29 is 29.5 Å². The fourth-order valence-electron chi connectivity index (χ4n) is 1.78. The van der Waals surface area contributed by atoms with Crippen LogP contribution in [0.4, 0.5) is 0 Å². The number of methoxy groups -OCH3 is 1. The van der Waals surface area contributed by atoms with Crippen LogP contribution in [-0.4, -0.2) is 65.3 Å². The molecule has 0 bridgehead atoms. The molecule has 0 aliphatic carbocycles. The maximum absolute atomic E-state index is 9.96. The van der Waals surface area contributed by atoms with Gasteiger partial charge < -0.3 is 29.5 Å². The first-order valence-corrected chi connectivity index (χ1v) is 5.63. The standard InChI is InChI=1S/C11H22O6/c1-11(2,3)17-9-8(14)7(13)6(5-12)16-10(9)15-4/h6-10,12-14H,5H2,1-4H3/t6?,7-,8+,9?,10+/m1/s1. The summed E-state index contributed by atoms with van der Waals surface area (Å²) < 4.78 is 16.0. The molecule has 1 aliphatic rings. The molecule has 17 heavy (non-hydrogen) atoms. The maximum Gasteiger partial charge on any atom is 0.186 e. The van der Waals surface area contributed by atoms with Crippen molar-refractivity contribution in [2.45, 2.75) is 57.1 Å². The molecule has 0 aromatic carbocycles. The van der Waals surface area contributed by atoms with E-state index in [4.69, 9.17) is 19.3 Å². The van der Waals surface area contributed by atoms with Crippen LogP contribution in [0.2, 0.25) is 0 Å². The van der Waals surface area contributed by atoms with E-state index in [9.17, 15) is 10.2 Å². The van der Waals surface area contributed by atoms with E-state index in [1.165, 1.54) is 7.11 Å². The van der Waals surface area contributed by atoms with Crippen LogP contribution in [0.3, 0.4) is 0 Å². The Hall–Kier alpha value is -0.240. The summed E-state index contributed by atoms with van der Waals surface area (Å²) in [7, 11) is 1.42. The van der Waals surface area contributed by atoms with Crippen molar-refractivity contribution in [3.05, 3.63) is 0 Å². The molecule has 5 atom stereocenters. The summed E-state index contributed by atoms with van der Waals surface area (Å²) in [6, 6.07) is 0. The van der Waals surface area contributed by atoms with Crippen LogP contribution in [0.25, 0.3) is 0 Å². The highest BCUT2D eigenvalue weighted by atomic mass is 16.7. The number of hydrogen-bond donors (Lipinski definition) is 3. The average molecular weight is 250 g/mol. The second kappa shape index (κ2) is 5.60. The molecule has 0 aromatic rings. The van der Waals surface area contributed by atoms with Gasteiger partial charge in [-0.2, -0.15) is 0 Å². The van der Waals surface area contributed by atoms with Crippen LogP contribution in [0, 0.1) is 0 Å². The minimum absolute atomic E-state index is 0.389. The van der Waals surface area contributed by atoms with Crippen molar-refractivity contribution in [1.29, 1.82) is 0 Å². The molecule has 3 N–H and O–H groups in total. The van der Waals surface area contributed by atoms with Crippen LogP contribution in [0.1, 0.15) is 20.8 Å². The monoisotopic (exact) mass is 250 g/mol. The largest absolute Gasteiger partial charge is 0.394 e. The Morgan fingerprint density at radius 3 is 2.18 bits per heavy atom. The van der Waals surface area contributed by atoms with Gasteiger partial charge in [0.1, 0.15) is 24.4 Å². The van der Waals surface area contributed by atoms with Crippen LogP contribution in [0.15, 0.2) is 0 Å². The summed E-state index contributed by atoms with van der Waals surface area (Å²) in [6.45, 7) is 5.10. The minimum atomic E-state index is -1.20. The van der Waals surface area contributed by atoms with Crippen molar-refractivity contribution in [3.63, 3.8) is 0 Å². The molecular weight excluding hydrogens is 228 g/mol. The van der Waals surface area contributed by atoms with Crippen LogP contribution >= 0.6 is 0 Å². The van der Waals surface area contributed by atoms with Gasteiger partial charge in [-0.3, -0.25) is 0 Å². The molecule has 102 valence electrons. The lowest BCUT2D eigenvalue weighted by Gasteiger charge is -2.43. The Kier molecular flexibility index (Phi) is 4.88. The first-order chi connectivity index (χ1) is 7.80. The third-order valence-electron chi connectivity index (χ3n) is 2.55. The molecule has 6 heteroatoms. The second-order valence-electron chi connectivity index (χ2n) is 5.14. The Balaban J connectivity index is 2.79. The fraction of sp³-hybridized carbons (Fsp3) is 1.00. The average Bonchev–Trinajstić information content (AvgIpc) is 2.24. The number of hydrogen-bond acceptors (Lipinski definition) is 6. The molecule has 1 aliphatic heterocycles. The van der Waals surface area contributed by atoms with Gasteiger partial charge >= 0.3 is 0 Å². The molecule has 0 amide bonds. The number of aliphatic hydroxyl groups is 3. The van der Waals surface area contributed by atoms with E-state index in [1.54, 1.807) is 0 Å². The molecule has 1 rings (SSSR count). The summed E-state index contributed by atoms with van der Waals surface area (Å²) in [5.41, 5.74) is -0.502. The molecule has 1 heterocycles. The first-order valence-electron chi connectivity index (χ1n) is 5.63. The Morgan fingerprint density at radius 1 is 1.18 bits per heavy atom. The summed E-state index contributed by atoms with van der Waals surface area (Å²) >= 11 is 0. The molecule has 2 unspecified atom stereocenters. The molecule has 0 radical (unpaired) electrons. The lowest BCUT2D eigenvalue weighted by atomic mass is 9.98. The maximum atomic E-state index is 9.96. The van der Waals surface area contributed by atoms with E-state index < -0.39 is 36.3 Å². The van der Waals surface area contributed by atoms with Crippen LogP contribution in [0.5, 0.6) is 0 Å². The Morgan fingerprint density at radius 2 is 1.76 bits per heavy atom. The van der Waals surface area contributed by atoms with Gasteiger partial charge in [0.25, 0.3) is 0 Å². The smallest absolute Gasteiger partial charge is 0.186 e. The van der Waals surface area contributed by atoms with Crippen molar-refractivity contribution in [2.75, 3.05) is 13.7 Å². The van der Waals surface area contributed by atoms with E-state index >= 15 is 0 Å². The summed E-state index contributed by atoms with van der Waals surface area (Å²) in [5.74, 6) is 0. The topological polar surface area (TPSA) is 88.4 Å². The van der Waals surface area contributed by atoms with E-state index in [0.717, 1.165) is 0 Å². The summed E-state index contributed by atoms with van der Waals surface area (Å²) in [4.78, 5) is 0. The molecule has 1 saturated heterocycles. The molecule has 0 aromatic heterocycles. The van der Waals surface area contributed by atoms with Gasteiger partial charge in [0, 0.05) is 7.11 Å².